The Labute approximate surface area is 176 Å². The fourth-order valence-electron chi connectivity index (χ4n) is 4.11. The second-order valence-corrected chi connectivity index (χ2v) is 9.62. The van der Waals surface area contributed by atoms with Gasteiger partial charge >= 0.3 is 0 Å². The molecule has 0 bridgehead atoms. The molecule has 0 aromatic carbocycles. The topological polar surface area (TPSA) is 52.9 Å². The summed E-state index contributed by atoms with van der Waals surface area (Å²) < 4.78 is 1.94. The van der Waals surface area contributed by atoms with E-state index in [-0.39, 0.29) is 11.7 Å². The van der Waals surface area contributed by atoms with Gasteiger partial charge in [0.15, 0.2) is 5.65 Å². The number of hydrogen-bond acceptors (Lipinski definition) is 4. The van der Waals surface area contributed by atoms with Gasteiger partial charge in [0.25, 0.3) is 5.91 Å². The molecule has 8 heteroatoms. The molecule has 1 saturated heterocycles. The highest BCUT2D eigenvalue weighted by molar-refractivity contribution is 7.51. The van der Waals surface area contributed by atoms with Gasteiger partial charge in [0.05, 0.1) is 22.2 Å². The van der Waals surface area contributed by atoms with Crippen molar-refractivity contribution in [2.24, 2.45) is 0 Å². The normalized spacial score (nSPS) is 25.4. The van der Waals surface area contributed by atoms with E-state index in [1.54, 1.807) is 6.08 Å². The van der Waals surface area contributed by atoms with Crippen LogP contribution in [0.25, 0.3) is 11.0 Å². The first-order valence-corrected chi connectivity index (χ1v) is 11.3. The van der Waals surface area contributed by atoms with Crippen molar-refractivity contribution in [3.63, 3.8) is 0 Å². The van der Waals surface area contributed by atoms with Gasteiger partial charge in [-0.15, -0.1) is 0 Å². The van der Waals surface area contributed by atoms with E-state index in [9.17, 15) is 4.79 Å². The van der Waals surface area contributed by atoms with E-state index in [1.165, 1.54) is 0 Å². The predicted octanol–water partition coefficient (Wildman–Crippen LogP) is 3.19. The van der Waals surface area contributed by atoms with E-state index in [0.717, 1.165) is 47.6 Å². The number of nitrogens with one attached hydrogen (secondary N) is 1. The fraction of sp³-hybridized carbons (Fsp3) is 0.333. The Hall–Kier alpha value is -2.14. The fourth-order valence-corrected chi connectivity index (χ4v) is 5.73. The maximum atomic E-state index is 13.0. The number of carbonyl (C=O) groups is 1. The molecule has 0 radical (unpaired) electrons. The van der Waals surface area contributed by atoms with Gasteiger partial charge in [-0.1, -0.05) is 26.3 Å². The van der Waals surface area contributed by atoms with Gasteiger partial charge in [-0.25, -0.2) is 4.98 Å². The van der Waals surface area contributed by atoms with Crippen LogP contribution < -0.4 is 5.32 Å². The number of carbonyl (C=O) groups excluding carboxylic acids is 1. The Bertz CT molecular complexity index is 1090. The van der Waals surface area contributed by atoms with Gasteiger partial charge in [0.2, 0.25) is 0 Å². The number of amides is 1. The molecule has 5 heterocycles. The average molecular weight is 428 g/mol. The zero-order chi connectivity index (χ0) is 20.1. The van der Waals surface area contributed by atoms with Crippen LogP contribution in [0, 0.1) is 6.92 Å². The lowest BCUT2D eigenvalue weighted by atomic mass is 10.2. The number of aryl methyl sites for hydroxylation is 1. The van der Waals surface area contributed by atoms with Crippen molar-refractivity contribution >= 4 is 37.1 Å². The van der Waals surface area contributed by atoms with Gasteiger partial charge in [-0.3, -0.25) is 4.79 Å². The number of rotatable bonds is 2. The number of imidazole rings is 1. The van der Waals surface area contributed by atoms with Crippen LogP contribution in [0.5, 0.6) is 0 Å². The Kier molecular flexibility index (Phi) is 4.73. The third kappa shape index (κ3) is 3.50. The summed E-state index contributed by atoms with van der Waals surface area (Å²) >= 11 is 6.45. The summed E-state index contributed by atoms with van der Waals surface area (Å²) in [5, 5.41) is 5.09. The molecule has 1 N–H and O–H groups in total. The number of halogens is 1. The molecule has 1 amide bonds. The number of aromatic nitrogens is 2. The van der Waals surface area contributed by atoms with Crippen LogP contribution in [0.3, 0.4) is 0 Å². The Morgan fingerprint density at radius 1 is 1.34 bits per heavy atom. The van der Waals surface area contributed by atoms with Crippen molar-refractivity contribution < 1.29 is 4.79 Å². The number of allylic oxidation sites excluding steroid dienone is 1. The zero-order valence-corrected chi connectivity index (χ0v) is 18.1. The summed E-state index contributed by atoms with van der Waals surface area (Å²) in [6, 6.07) is 2.37. The standard InChI is InChI=1S/C21H23ClN5OP/c1-13-9-25(6-5-23-13)16-3-4-20-27(12-16)19(28)8-18(29-20)15-7-17(22)21-24-14(2)10-26(21)11-15/h3-4,7-8,10-13,20,23,29H,5-6,9H2,1-2H3/t13-,20?/m1/s1. The maximum Gasteiger partial charge on any atom is 0.252 e. The van der Waals surface area contributed by atoms with Crippen LogP contribution in [0.1, 0.15) is 18.2 Å². The first kappa shape index (κ1) is 18.9. The molecular weight excluding hydrogens is 405 g/mol. The molecular formula is C21H23ClN5OP. The van der Waals surface area contributed by atoms with Crippen molar-refractivity contribution in [1.82, 2.24) is 24.5 Å². The maximum absolute atomic E-state index is 13.0. The van der Waals surface area contributed by atoms with Crippen LogP contribution >= 0.6 is 20.2 Å². The Morgan fingerprint density at radius 2 is 2.21 bits per heavy atom. The molecule has 0 spiro atoms. The first-order chi connectivity index (χ1) is 14.0. The van der Waals surface area contributed by atoms with Crippen molar-refractivity contribution in [2.45, 2.75) is 25.7 Å². The molecule has 2 unspecified atom stereocenters. The van der Waals surface area contributed by atoms with E-state index in [0.29, 0.717) is 19.6 Å². The molecule has 0 aliphatic carbocycles. The quantitative estimate of drug-likeness (QED) is 0.748. The second-order valence-electron chi connectivity index (χ2n) is 7.80. The zero-order valence-electron chi connectivity index (χ0n) is 16.4. The van der Waals surface area contributed by atoms with Gasteiger partial charge in [0.1, 0.15) is 0 Å². The highest BCUT2D eigenvalue weighted by Crippen LogP contribution is 2.45. The Balaban J connectivity index is 1.43. The van der Waals surface area contributed by atoms with Crippen LogP contribution in [-0.4, -0.2) is 56.6 Å². The molecule has 6 nitrogen and oxygen atoms in total. The first-order valence-electron chi connectivity index (χ1n) is 9.82. The molecule has 2 aromatic heterocycles. The molecule has 1 fully saturated rings. The monoisotopic (exact) mass is 427 g/mol. The summed E-state index contributed by atoms with van der Waals surface area (Å²) in [7, 11) is 0.465. The summed E-state index contributed by atoms with van der Waals surface area (Å²) in [6.45, 7) is 7.01. The highest BCUT2D eigenvalue weighted by atomic mass is 35.5. The predicted molar refractivity (Wildman–Crippen MR) is 118 cm³/mol. The van der Waals surface area contributed by atoms with Crippen molar-refractivity contribution in [1.29, 1.82) is 0 Å². The number of piperazine rings is 1. The minimum atomic E-state index is 0.0202. The Morgan fingerprint density at radius 3 is 3.03 bits per heavy atom. The van der Waals surface area contributed by atoms with Gasteiger partial charge in [0, 0.05) is 55.9 Å². The smallest absolute Gasteiger partial charge is 0.252 e. The van der Waals surface area contributed by atoms with Crippen molar-refractivity contribution in [3.05, 3.63) is 64.9 Å². The number of fused-ring (bicyclic) bond motifs is 2. The third-order valence-corrected chi connectivity index (χ3v) is 7.31. The lowest BCUT2D eigenvalue weighted by Crippen LogP contribution is -2.49. The van der Waals surface area contributed by atoms with Gasteiger partial charge < -0.3 is 19.5 Å². The summed E-state index contributed by atoms with van der Waals surface area (Å²) in [5.41, 5.74) is 3.76. The molecule has 3 aliphatic rings. The van der Waals surface area contributed by atoms with Gasteiger partial charge in [-0.2, -0.15) is 0 Å². The number of nitrogens with zero attached hydrogens (tertiary/aromatic N) is 4. The van der Waals surface area contributed by atoms with E-state index >= 15 is 0 Å². The van der Waals surface area contributed by atoms with Crippen LogP contribution in [0.15, 0.2) is 48.6 Å². The third-order valence-electron chi connectivity index (χ3n) is 5.52. The molecule has 29 heavy (non-hydrogen) atoms. The minimum absolute atomic E-state index is 0.0202. The largest absolute Gasteiger partial charge is 0.368 e. The summed E-state index contributed by atoms with van der Waals surface area (Å²) in [5.74, 6) is 0.0809. The number of pyridine rings is 1. The van der Waals surface area contributed by atoms with Crippen LogP contribution in [-0.2, 0) is 4.79 Å². The van der Waals surface area contributed by atoms with Crippen molar-refractivity contribution in [2.75, 3.05) is 19.6 Å². The lowest BCUT2D eigenvalue weighted by Gasteiger charge is -2.39. The molecule has 3 aliphatic heterocycles. The van der Waals surface area contributed by atoms with E-state index in [1.807, 2.05) is 40.9 Å². The van der Waals surface area contributed by atoms with Crippen molar-refractivity contribution in [3.8, 4) is 0 Å². The van der Waals surface area contributed by atoms with E-state index in [2.05, 4.69) is 34.3 Å². The lowest BCUT2D eigenvalue weighted by molar-refractivity contribution is -0.123. The van der Waals surface area contributed by atoms with Crippen LogP contribution in [0.2, 0.25) is 5.02 Å². The minimum Gasteiger partial charge on any atom is -0.368 e. The average Bonchev–Trinajstić information content (AvgIpc) is 3.08. The summed E-state index contributed by atoms with van der Waals surface area (Å²) in [4.78, 5) is 21.6. The van der Waals surface area contributed by atoms with Gasteiger partial charge in [-0.05, 0) is 31.3 Å². The summed E-state index contributed by atoms with van der Waals surface area (Å²) in [6.07, 6.45) is 12.1. The van der Waals surface area contributed by atoms with E-state index < -0.39 is 0 Å². The second kappa shape index (κ2) is 7.28. The molecule has 0 saturated carbocycles. The highest BCUT2D eigenvalue weighted by Gasteiger charge is 2.30. The van der Waals surface area contributed by atoms with Crippen LogP contribution in [0.4, 0.5) is 0 Å². The SMILES string of the molecule is Cc1cn2cc(C3=CC(=O)N4C=C(N5CCN[C@H](C)C5)C=CC4P3)cc(Cl)c2n1. The molecule has 2 aromatic rings. The molecule has 5 rings (SSSR count). The number of hydrogen-bond donors (Lipinski definition) is 1. The molecule has 150 valence electrons. The van der Waals surface area contributed by atoms with E-state index in [4.69, 9.17) is 11.6 Å². The molecule has 3 atom stereocenters.